The molecular formula is C23H33N3O3+2. The fourth-order valence-electron chi connectivity index (χ4n) is 3.87. The summed E-state index contributed by atoms with van der Waals surface area (Å²) in [6.45, 7) is 8.56. The highest BCUT2D eigenvalue weighted by atomic mass is 16.5. The van der Waals surface area contributed by atoms with Gasteiger partial charge in [-0.3, -0.25) is 4.79 Å². The van der Waals surface area contributed by atoms with Crippen LogP contribution in [0, 0.1) is 6.92 Å². The molecule has 1 amide bonds. The second kappa shape index (κ2) is 10.3. The smallest absolute Gasteiger partial charge is 0.275 e. The molecule has 3 rings (SSSR count). The summed E-state index contributed by atoms with van der Waals surface area (Å²) >= 11 is 0. The number of rotatable bonds is 8. The molecule has 1 fully saturated rings. The zero-order valence-electron chi connectivity index (χ0n) is 17.7. The highest BCUT2D eigenvalue weighted by Crippen LogP contribution is 2.27. The number of piperazine rings is 1. The molecule has 29 heavy (non-hydrogen) atoms. The van der Waals surface area contributed by atoms with E-state index in [0.717, 1.165) is 38.3 Å². The van der Waals surface area contributed by atoms with Crippen LogP contribution < -0.4 is 24.6 Å². The van der Waals surface area contributed by atoms with E-state index in [4.69, 9.17) is 9.47 Å². The van der Waals surface area contributed by atoms with Crippen molar-refractivity contribution in [1.82, 2.24) is 5.32 Å². The SMILES string of the molecule is COc1ccc(CNC(=O)C[NH+]2CC[NH+](Cc3ccccc3C)CC2)cc1OC. The Morgan fingerprint density at radius 2 is 1.66 bits per heavy atom. The zero-order chi connectivity index (χ0) is 20.6. The van der Waals surface area contributed by atoms with Crippen molar-refractivity contribution < 1.29 is 24.1 Å². The summed E-state index contributed by atoms with van der Waals surface area (Å²) in [6, 6.07) is 14.3. The molecule has 0 radical (unpaired) electrons. The van der Waals surface area contributed by atoms with E-state index in [1.807, 2.05) is 18.2 Å². The van der Waals surface area contributed by atoms with E-state index < -0.39 is 0 Å². The predicted octanol–water partition coefficient (Wildman–Crippen LogP) is -0.388. The number of benzene rings is 2. The number of amides is 1. The van der Waals surface area contributed by atoms with Gasteiger partial charge in [0.25, 0.3) is 5.91 Å². The van der Waals surface area contributed by atoms with E-state index in [1.54, 1.807) is 19.1 Å². The number of hydrogen-bond donors (Lipinski definition) is 3. The van der Waals surface area contributed by atoms with E-state index in [-0.39, 0.29) is 5.91 Å². The first kappa shape index (κ1) is 21.1. The third-order valence-electron chi connectivity index (χ3n) is 5.71. The van der Waals surface area contributed by atoms with Gasteiger partial charge in [0.15, 0.2) is 18.0 Å². The largest absolute Gasteiger partial charge is 0.493 e. The van der Waals surface area contributed by atoms with E-state index in [1.165, 1.54) is 16.0 Å². The number of methoxy groups -OCH3 is 2. The summed E-state index contributed by atoms with van der Waals surface area (Å²) in [5.74, 6) is 1.47. The number of quaternary nitrogens is 2. The van der Waals surface area contributed by atoms with Gasteiger partial charge in [-0.15, -0.1) is 0 Å². The number of hydrogen-bond acceptors (Lipinski definition) is 3. The third-order valence-corrected chi connectivity index (χ3v) is 5.71. The molecule has 3 N–H and O–H groups in total. The zero-order valence-corrected chi connectivity index (χ0v) is 17.7. The Hall–Kier alpha value is -2.57. The first-order valence-electron chi connectivity index (χ1n) is 10.3. The van der Waals surface area contributed by atoms with Crippen LogP contribution in [0.5, 0.6) is 11.5 Å². The van der Waals surface area contributed by atoms with Gasteiger partial charge in [-0.2, -0.15) is 0 Å². The number of carbonyl (C=O) groups excluding carboxylic acids is 1. The summed E-state index contributed by atoms with van der Waals surface area (Å²) in [4.78, 5) is 15.4. The lowest BCUT2D eigenvalue weighted by atomic mass is 10.1. The standard InChI is InChI=1S/C23H31N3O3/c1-18-6-4-5-7-20(18)16-25-10-12-26(13-11-25)17-23(27)24-15-19-8-9-21(28-2)22(14-19)29-3/h4-9,14H,10-13,15-17H2,1-3H3,(H,24,27)/p+2. The molecule has 0 aromatic heterocycles. The summed E-state index contributed by atoms with van der Waals surface area (Å²) in [5.41, 5.74) is 3.79. The summed E-state index contributed by atoms with van der Waals surface area (Å²) in [5, 5.41) is 3.03. The molecule has 0 unspecified atom stereocenters. The maximum atomic E-state index is 12.4. The predicted molar refractivity (Wildman–Crippen MR) is 113 cm³/mol. The van der Waals surface area contributed by atoms with Crippen LogP contribution in [0.3, 0.4) is 0 Å². The molecule has 1 aliphatic rings. The fourth-order valence-corrected chi connectivity index (χ4v) is 3.87. The first-order valence-corrected chi connectivity index (χ1v) is 10.3. The van der Waals surface area contributed by atoms with E-state index in [9.17, 15) is 4.79 Å². The third kappa shape index (κ3) is 5.95. The average molecular weight is 400 g/mol. The summed E-state index contributed by atoms with van der Waals surface area (Å²) < 4.78 is 10.6. The molecule has 1 heterocycles. The van der Waals surface area contributed by atoms with Crippen LogP contribution in [0.25, 0.3) is 0 Å². The molecular weight excluding hydrogens is 366 g/mol. The van der Waals surface area contributed by atoms with Gasteiger partial charge in [0.05, 0.1) is 14.2 Å². The topological polar surface area (TPSA) is 56.4 Å². The van der Waals surface area contributed by atoms with E-state index in [2.05, 4.69) is 36.5 Å². The first-order chi connectivity index (χ1) is 14.1. The molecule has 1 saturated heterocycles. The minimum Gasteiger partial charge on any atom is -0.493 e. The Morgan fingerprint density at radius 3 is 2.34 bits per heavy atom. The molecule has 0 spiro atoms. The molecule has 0 aliphatic carbocycles. The minimum atomic E-state index is 0.0946. The molecule has 0 atom stereocenters. The number of aryl methyl sites for hydroxylation is 1. The molecule has 6 nitrogen and oxygen atoms in total. The van der Waals surface area contributed by atoms with Crippen LogP contribution in [-0.4, -0.2) is 52.9 Å². The van der Waals surface area contributed by atoms with Gasteiger partial charge in [-0.05, 0) is 30.2 Å². The van der Waals surface area contributed by atoms with Crippen molar-refractivity contribution in [2.75, 3.05) is 46.9 Å². The molecule has 0 bridgehead atoms. The number of nitrogens with one attached hydrogen (secondary N) is 3. The van der Waals surface area contributed by atoms with Crippen molar-refractivity contribution in [2.45, 2.75) is 20.0 Å². The maximum Gasteiger partial charge on any atom is 0.275 e. The second-order valence-electron chi connectivity index (χ2n) is 7.75. The normalized spacial score (nSPS) is 18.9. The van der Waals surface area contributed by atoms with Crippen LogP contribution in [0.1, 0.15) is 16.7 Å². The van der Waals surface area contributed by atoms with Crippen LogP contribution >= 0.6 is 0 Å². The Balaban J connectivity index is 1.41. The van der Waals surface area contributed by atoms with Gasteiger partial charge in [0.1, 0.15) is 32.7 Å². The monoisotopic (exact) mass is 399 g/mol. The van der Waals surface area contributed by atoms with Crippen molar-refractivity contribution in [2.24, 2.45) is 0 Å². The number of ether oxygens (including phenoxy) is 2. The van der Waals surface area contributed by atoms with Gasteiger partial charge in [-0.25, -0.2) is 0 Å². The van der Waals surface area contributed by atoms with E-state index in [0.29, 0.717) is 24.6 Å². The lowest BCUT2D eigenvalue weighted by molar-refractivity contribution is -1.02. The molecule has 0 saturated carbocycles. The molecule has 6 heteroatoms. The summed E-state index contributed by atoms with van der Waals surface area (Å²) in [7, 11) is 3.23. The van der Waals surface area contributed by atoms with Gasteiger partial charge in [-0.1, -0.05) is 30.3 Å². The Kier molecular flexibility index (Phi) is 7.49. The molecule has 2 aromatic rings. The van der Waals surface area contributed by atoms with Crippen molar-refractivity contribution in [3.05, 3.63) is 59.2 Å². The van der Waals surface area contributed by atoms with Gasteiger partial charge in [0, 0.05) is 12.1 Å². The Bertz CT molecular complexity index is 817. The fraction of sp³-hybridized carbons (Fsp3) is 0.435. The Labute approximate surface area is 173 Å². The van der Waals surface area contributed by atoms with Crippen LogP contribution in [0.2, 0.25) is 0 Å². The van der Waals surface area contributed by atoms with Crippen LogP contribution in [0.15, 0.2) is 42.5 Å². The molecule has 1 aliphatic heterocycles. The van der Waals surface area contributed by atoms with Crippen molar-refractivity contribution in [3.8, 4) is 11.5 Å². The van der Waals surface area contributed by atoms with Gasteiger partial charge in [0.2, 0.25) is 0 Å². The second-order valence-corrected chi connectivity index (χ2v) is 7.75. The Morgan fingerprint density at radius 1 is 0.966 bits per heavy atom. The van der Waals surface area contributed by atoms with Crippen molar-refractivity contribution in [3.63, 3.8) is 0 Å². The van der Waals surface area contributed by atoms with Crippen LogP contribution in [0.4, 0.5) is 0 Å². The quantitative estimate of drug-likeness (QED) is 0.567. The van der Waals surface area contributed by atoms with Crippen LogP contribution in [-0.2, 0) is 17.9 Å². The highest BCUT2D eigenvalue weighted by molar-refractivity contribution is 5.76. The molecule has 2 aromatic carbocycles. The van der Waals surface area contributed by atoms with Gasteiger partial charge < -0.3 is 24.6 Å². The minimum absolute atomic E-state index is 0.0946. The summed E-state index contributed by atoms with van der Waals surface area (Å²) in [6.07, 6.45) is 0. The number of carbonyl (C=O) groups is 1. The lowest BCUT2D eigenvalue weighted by Crippen LogP contribution is -3.28. The van der Waals surface area contributed by atoms with Gasteiger partial charge >= 0.3 is 0 Å². The van der Waals surface area contributed by atoms with Crippen molar-refractivity contribution >= 4 is 5.91 Å². The van der Waals surface area contributed by atoms with Crippen molar-refractivity contribution in [1.29, 1.82) is 0 Å². The highest BCUT2D eigenvalue weighted by Gasteiger charge is 2.25. The average Bonchev–Trinajstić information content (AvgIpc) is 2.75. The maximum absolute atomic E-state index is 12.4. The lowest BCUT2D eigenvalue weighted by Gasteiger charge is -2.29. The molecule has 156 valence electrons. The van der Waals surface area contributed by atoms with E-state index >= 15 is 0 Å².